The highest BCUT2D eigenvalue weighted by Crippen LogP contribution is 2.41. The Bertz CT molecular complexity index is 1010. The van der Waals surface area contributed by atoms with Crippen molar-refractivity contribution in [2.75, 3.05) is 5.32 Å². The number of nitrogens with one attached hydrogen (secondary N) is 2. The Morgan fingerprint density at radius 3 is 2.54 bits per heavy atom. The number of pyridine rings is 1. The molecule has 0 aliphatic heterocycles. The number of anilines is 2. The lowest BCUT2D eigenvalue weighted by Gasteiger charge is -2.37. The van der Waals surface area contributed by atoms with Crippen LogP contribution in [0.1, 0.15) is 44.6 Å². The molecule has 5 nitrogen and oxygen atoms in total. The molecule has 146 valence electrons. The number of amides is 1. The number of halogens is 2. The van der Waals surface area contributed by atoms with Gasteiger partial charge in [-0.25, -0.2) is 4.98 Å². The van der Waals surface area contributed by atoms with Crippen molar-refractivity contribution in [2.45, 2.75) is 38.6 Å². The number of carbonyl (C=O) groups excluding carboxylic acids is 1. The van der Waals surface area contributed by atoms with Gasteiger partial charge in [0, 0.05) is 39.5 Å². The van der Waals surface area contributed by atoms with Gasteiger partial charge >= 0.3 is 0 Å². The highest BCUT2D eigenvalue weighted by atomic mass is 32.1. The zero-order valence-electron chi connectivity index (χ0n) is 15.3. The van der Waals surface area contributed by atoms with Crippen LogP contribution in [0, 0.1) is 25.7 Å². The number of thiophene rings is 1. The van der Waals surface area contributed by atoms with Crippen LogP contribution in [0.2, 0.25) is 0 Å². The zero-order valence-corrected chi connectivity index (χ0v) is 16.9. The standard InChI is InChI=1S/C19H18F2N4OS2/c1-9-5-6-27-17(9)12-3-4-13(12)23-18(26)16-10(2)28-19(25-16)22-11-7-14(20)24-15(21)8-11/h5-8,12-13H,3-4H2,1-2H3,(H,23,26)(H,22,24,25). The number of thiazole rings is 1. The highest BCUT2D eigenvalue weighted by Gasteiger charge is 2.35. The predicted octanol–water partition coefficient (Wildman–Crippen LogP) is 4.91. The molecule has 3 aromatic heterocycles. The van der Waals surface area contributed by atoms with Gasteiger partial charge in [-0.15, -0.1) is 22.7 Å². The smallest absolute Gasteiger partial charge is 0.271 e. The van der Waals surface area contributed by atoms with Crippen molar-refractivity contribution in [2.24, 2.45) is 0 Å². The molecule has 2 unspecified atom stereocenters. The Kier molecular flexibility index (Phi) is 5.11. The minimum Gasteiger partial charge on any atom is -0.347 e. The van der Waals surface area contributed by atoms with E-state index in [4.69, 9.17) is 0 Å². The fourth-order valence-corrected chi connectivity index (χ4v) is 5.27. The Hall–Kier alpha value is -2.39. The first-order chi connectivity index (χ1) is 13.4. The van der Waals surface area contributed by atoms with Crippen molar-refractivity contribution < 1.29 is 13.6 Å². The largest absolute Gasteiger partial charge is 0.347 e. The first-order valence-electron chi connectivity index (χ1n) is 8.83. The normalized spacial score (nSPS) is 18.6. The van der Waals surface area contributed by atoms with E-state index in [9.17, 15) is 13.6 Å². The van der Waals surface area contributed by atoms with Crippen LogP contribution in [0.5, 0.6) is 0 Å². The number of hydrogen-bond donors (Lipinski definition) is 2. The average molecular weight is 421 g/mol. The number of rotatable bonds is 5. The second-order valence-electron chi connectivity index (χ2n) is 6.78. The quantitative estimate of drug-likeness (QED) is 0.576. The van der Waals surface area contributed by atoms with E-state index in [1.54, 1.807) is 18.3 Å². The summed E-state index contributed by atoms with van der Waals surface area (Å²) in [5, 5.41) is 8.39. The second kappa shape index (κ2) is 7.56. The molecular weight excluding hydrogens is 402 g/mol. The van der Waals surface area contributed by atoms with Gasteiger partial charge in [-0.1, -0.05) is 0 Å². The Labute approximate surface area is 168 Å². The molecule has 3 heterocycles. The zero-order chi connectivity index (χ0) is 19.8. The SMILES string of the molecule is Cc1ccsc1C1CCC1NC(=O)c1nc(Nc2cc(F)nc(F)c2)sc1C. The molecule has 1 aliphatic rings. The highest BCUT2D eigenvalue weighted by molar-refractivity contribution is 7.15. The molecule has 0 saturated heterocycles. The molecule has 2 N–H and O–H groups in total. The van der Waals surface area contributed by atoms with E-state index in [0.717, 1.165) is 29.9 Å². The van der Waals surface area contributed by atoms with Crippen LogP contribution in [0.25, 0.3) is 0 Å². The van der Waals surface area contributed by atoms with E-state index in [0.29, 0.717) is 16.7 Å². The summed E-state index contributed by atoms with van der Waals surface area (Å²) < 4.78 is 26.5. The summed E-state index contributed by atoms with van der Waals surface area (Å²) in [6.07, 6.45) is 2.01. The monoisotopic (exact) mass is 420 g/mol. The third kappa shape index (κ3) is 3.77. The molecule has 4 rings (SSSR count). The summed E-state index contributed by atoms with van der Waals surface area (Å²) in [7, 11) is 0. The van der Waals surface area contributed by atoms with E-state index in [2.05, 4.69) is 39.0 Å². The summed E-state index contributed by atoms with van der Waals surface area (Å²) >= 11 is 2.99. The number of hydrogen-bond acceptors (Lipinski definition) is 6. The molecule has 0 bridgehead atoms. The van der Waals surface area contributed by atoms with E-state index in [1.807, 2.05) is 0 Å². The maximum absolute atomic E-state index is 13.2. The van der Waals surface area contributed by atoms with E-state index in [1.165, 1.54) is 21.8 Å². The lowest BCUT2D eigenvalue weighted by atomic mass is 9.77. The van der Waals surface area contributed by atoms with Crippen LogP contribution in [0.15, 0.2) is 23.6 Å². The first kappa shape index (κ1) is 18.9. The summed E-state index contributed by atoms with van der Waals surface area (Å²) in [6.45, 7) is 3.89. The van der Waals surface area contributed by atoms with Gasteiger partial charge < -0.3 is 10.6 Å². The fraction of sp³-hybridized carbons (Fsp3) is 0.316. The van der Waals surface area contributed by atoms with Crippen molar-refractivity contribution >= 4 is 39.4 Å². The Morgan fingerprint density at radius 2 is 1.93 bits per heavy atom. The molecule has 1 amide bonds. The number of nitrogens with zero attached hydrogens (tertiary/aromatic N) is 2. The summed E-state index contributed by atoms with van der Waals surface area (Å²) in [5.41, 5.74) is 1.79. The van der Waals surface area contributed by atoms with Crippen LogP contribution >= 0.6 is 22.7 Å². The maximum Gasteiger partial charge on any atom is 0.271 e. The van der Waals surface area contributed by atoms with Gasteiger partial charge in [0.25, 0.3) is 5.91 Å². The lowest BCUT2D eigenvalue weighted by Crippen LogP contribution is -2.45. The molecule has 0 radical (unpaired) electrons. The maximum atomic E-state index is 13.2. The lowest BCUT2D eigenvalue weighted by molar-refractivity contribution is 0.0900. The molecule has 1 fully saturated rings. The first-order valence-corrected chi connectivity index (χ1v) is 10.5. The van der Waals surface area contributed by atoms with Crippen molar-refractivity contribution in [3.05, 3.63) is 56.5 Å². The van der Waals surface area contributed by atoms with Gasteiger partial charge in [-0.2, -0.15) is 13.8 Å². The van der Waals surface area contributed by atoms with Crippen molar-refractivity contribution in [1.82, 2.24) is 15.3 Å². The van der Waals surface area contributed by atoms with Gasteiger partial charge in [0.2, 0.25) is 11.9 Å². The van der Waals surface area contributed by atoms with E-state index in [-0.39, 0.29) is 17.6 Å². The molecule has 2 atom stereocenters. The van der Waals surface area contributed by atoms with Gasteiger partial charge in [0.15, 0.2) is 5.13 Å². The van der Waals surface area contributed by atoms with Gasteiger partial charge in [-0.3, -0.25) is 4.79 Å². The minimum absolute atomic E-state index is 0.103. The number of aromatic nitrogens is 2. The van der Waals surface area contributed by atoms with Crippen molar-refractivity contribution in [1.29, 1.82) is 0 Å². The molecule has 1 aliphatic carbocycles. The summed E-state index contributed by atoms with van der Waals surface area (Å²) in [4.78, 5) is 22.2. The van der Waals surface area contributed by atoms with Crippen molar-refractivity contribution in [3.8, 4) is 0 Å². The fourth-order valence-electron chi connectivity index (χ4n) is 3.31. The molecule has 0 spiro atoms. The molecule has 9 heteroatoms. The van der Waals surface area contributed by atoms with Crippen LogP contribution in [0.4, 0.5) is 19.6 Å². The van der Waals surface area contributed by atoms with Gasteiger partial charge in [0.05, 0.1) is 0 Å². The summed E-state index contributed by atoms with van der Waals surface area (Å²) in [5.74, 6) is -1.72. The second-order valence-corrected chi connectivity index (χ2v) is 8.93. The number of aryl methyl sites for hydroxylation is 2. The molecule has 0 aromatic carbocycles. The molecule has 1 saturated carbocycles. The third-order valence-corrected chi connectivity index (χ3v) is 6.89. The van der Waals surface area contributed by atoms with Gasteiger partial charge in [-0.05, 0) is 43.7 Å². The summed E-state index contributed by atoms with van der Waals surface area (Å²) in [6, 6.07) is 4.35. The third-order valence-electron chi connectivity index (χ3n) is 4.86. The molecule has 28 heavy (non-hydrogen) atoms. The Morgan fingerprint density at radius 1 is 1.18 bits per heavy atom. The minimum atomic E-state index is -0.923. The van der Waals surface area contributed by atoms with Crippen LogP contribution in [-0.4, -0.2) is 21.9 Å². The van der Waals surface area contributed by atoms with E-state index >= 15 is 0 Å². The van der Waals surface area contributed by atoms with Gasteiger partial charge in [0.1, 0.15) is 5.69 Å². The van der Waals surface area contributed by atoms with Crippen LogP contribution < -0.4 is 10.6 Å². The van der Waals surface area contributed by atoms with Crippen molar-refractivity contribution in [3.63, 3.8) is 0 Å². The Balaban J connectivity index is 1.46. The van der Waals surface area contributed by atoms with Crippen LogP contribution in [0.3, 0.4) is 0 Å². The number of carbonyl (C=O) groups is 1. The predicted molar refractivity (Wildman–Crippen MR) is 107 cm³/mol. The average Bonchev–Trinajstić information content (AvgIpc) is 3.16. The van der Waals surface area contributed by atoms with E-state index < -0.39 is 11.9 Å². The molecular formula is C19H18F2N4OS2. The molecule has 3 aromatic rings. The topological polar surface area (TPSA) is 66.9 Å². The van der Waals surface area contributed by atoms with Crippen LogP contribution in [-0.2, 0) is 0 Å².